The molecule has 0 bridgehead atoms. The van der Waals surface area contributed by atoms with Crippen LogP contribution >= 0.6 is 11.8 Å². The lowest BCUT2D eigenvalue weighted by atomic mass is 10.2. The van der Waals surface area contributed by atoms with Crippen molar-refractivity contribution in [1.29, 1.82) is 0 Å². The quantitative estimate of drug-likeness (QED) is 0.504. The molecule has 0 aliphatic carbocycles. The Labute approximate surface area is 164 Å². The van der Waals surface area contributed by atoms with Gasteiger partial charge >= 0.3 is 0 Å². The number of benzene rings is 1. The predicted molar refractivity (Wildman–Crippen MR) is 108 cm³/mol. The molecule has 1 N–H and O–H groups in total. The van der Waals surface area contributed by atoms with Crippen molar-refractivity contribution >= 4 is 33.4 Å². The van der Waals surface area contributed by atoms with E-state index in [0.29, 0.717) is 23.7 Å². The smallest absolute Gasteiger partial charge is 0.243 e. The van der Waals surface area contributed by atoms with E-state index in [1.54, 1.807) is 37.4 Å². The van der Waals surface area contributed by atoms with Crippen LogP contribution in [0.25, 0.3) is 0 Å². The number of rotatable bonds is 9. The van der Waals surface area contributed by atoms with Gasteiger partial charge in [0.15, 0.2) is 0 Å². The zero-order valence-electron chi connectivity index (χ0n) is 15.5. The van der Waals surface area contributed by atoms with Gasteiger partial charge in [-0.25, -0.2) is 13.4 Å². The predicted octanol–water partition coefficient (Wildman–Crippen LogP) is 2.15. The fourth-order valence-electron chi connectivity index (χ4n) is 2.45. The molecule has 27 heavy (non-hydrogen) atoms. The number of sulfonamides is 1. The highest BCUT2D eigenvalue weighted by atomic mass is 32.2. The van der Waals surface area contributed by atoms with Crippen LogP contribution in [-0.4, -0.2) is 51.0 Å². The standard InChI is InChI=1S/C18H23N3O4S2/c1-14(18(22)20-12-13-26-17-6-4-5-11-19-17)21(27(3,23)24)15-7-9-16(25-2)10-8-15/h4-11,14H,12-13H2,1-3H3,(H,20,22)/t14-/m0/s1. The number of ether oxygens (including phenoxy) is 1. The fraction of sp³-hybridized carbons (Fsp3) is 0.333. The lowest BCUT2D eigenvalue weighted by Crippen LogP contribution is -2.48. The van der Waals surface area contributed by atoms with Gasteiger partial charge in [0.05, 0.1) is 24.1 Å². The SMILES string of the molecule is COc1ccc(N([C@@H](C)C(=O)NCCSc2ccccn2)S(C)(=O)=O)cc1. The molecule has 0 radical (unpaired) electrons. The van der Waals surface area contributed by atoms with Gasteiger partial charge in [0.25, 0.3) is 0 Å². The van der Waals surface area contributed by atoms with Gasteiger partial charge in [-0.1, -0.05) is 6.07 Å². The molecule has 0 saturated carbocycles. The minimum Gasteiger partial charge on any atom is -0.497 e. The maximum atomic E-state index is 12.5. The lowest BCUT2D eigenvalue weighted by molar-refractivity contribution is -0.121. The summed E-state index contributed by atoms with van der Waals surface area (Å²) in [6.07, 6.45) is 2.79. The van der Waals surface area contributed by atoms with Crippen LogP contribution in [0.2, 0.25) is 0 Å². The van der Waals surface area contributed by atoms with Gasteiger partial charge in [0.2, 0.25) is 15.9 Å². The Morgan fingerprint density at radius 3 is 2.52 bits per heavy atom. The topological polar surface area (TPSA) is 88.6 Å². The van der Waals surface area contributed by atoms with Gasteiger partial charge < -0.3 is 10.1 Å². The van der Waals surface area contributed by atoms with Crippen molar-refractivity contribution in [3.8, 4) is 5.75 Å². The van der Waals surface area contributed by atoms with E-state index in [2.05, 4.69) is 10.3 Å². The summed E-state index contributed by atoms with van der Waals surface area (Å²) in [5, 5.41) is 3.65. The molecule has 7 nitrogen and oxygen atoms in total. The Bertz CT molecular complexity index is 843. The highest BCUT2D eigenvalue weighted by molar-refractivity contribution is 7.99. The Kier molecular flexibility index (Phi) is 7.49. The first-order valence-electron chi connectivity index (χ1n) is 8.28. The monoisotopic (exact) mass is 409 g/mol. The van der Waals surface area contributed by atoms with Crippen LogP contribution in [0.1, 0.15) is 6.92 Å². The molecule has 146 valence electrons. The largest absolute Gasteiger partial charge is 0.497 e. The van der Waals surface area contributed by atoms with Crippen molar-refractivity contribution in [3.05, 3.63) is 48.7 Å². The number of hydrogen-bond donors (Lipinski definition) is 1. The molecule has 1 atom stereocenters. The van der Waals surface area contributed by atoms with Crippen molar-refractivity contribution in [2.24, 2.45) is 0 Å². The molecule has 0 spiro atoms. The molecule has 0 aliphatic heterocycles. The molecule has 0 saturated heterocycles. The van der Waals surface area contributed by atoms with E-state index in [-0.39, 0.29) is 5.91 Å². The summed E-state index contributed by atoms with van der Waals surface area (Å²) >= 11 is 1.52. The molecule has 2 rings (SSSR count). The van der Waals surface area contributed by atoms with Gasteiger partial charge in [0, 0.05) is 18.5 Å². The Morgan fingerprint density at radius 2 is 1.96 bits per heavy atom. The second kappa shape index (κ2) is 9.61. The van der Waals surface area contributed by atoms with Crippen LogP contribution in [0.4, 0.5) is 5.69 Å². The average Bonchev–Trinajstić information content (AvgIpc) is 2.65. The zero-order valence-corrected chi connectivity index (χ0v) is 17.1. The highest BCUT2D eigenvalue weighted by Crippen LogP contribution is 2.23. The van der Waals surface area contributed by atoms with E-state index >= 15 is 0 Å². The highest BCUT2D eigenvalue weighted by Gasteiger charge is 2.28. The van der Waals surface area contributed by atoms with Crippen molar-refractivity contribution < 1.29 is 17.9 Å². The van der Waals surface area contributed by atoms with Gasteiger partial charge in [-0.05, 0) is 43.3 Å². The van der Waals surface area contributed by atoms with Crippen molar-refractivity contribution in [2.75, 3.05) is 30.0 Å². The Morgan fingerprint density at radius 1 is 1.26 bits per heavy atom. The molecule has 9 heteroatoms. The number of hydrogen-bond acceptors (Lipinski definition) is 6. The summed E-state index contributed by atoms with van der Waals surface area (Å²) in [5.41, 5.74) is 0.406. The van der Waals surface area contributed by atoms with E-state index < -0.39 is 16.1 Å². The van der Waals surface area contributed by atoms with E-state index in [4.69, 9.17) is 4.74 Å². The van der Waals surface area contributed by atoms with E-state index in [9.17, 15) is 13.2 Å². The number of carbonyl (C=O) groups is 1. The number of anilines is 1. The Hall–Kier alpha value is -2.26. The van der Waals surface area contributed by atoms with Crippen LogP contribution in [0.15, 0.2) is 53.7 Å². The third-order valence-corrected chi connectivity index (χ3v) is 5.89. The van der Waals surface area contributed by atoms with E-state index in [1.165, 1.54) is 18.9 Å². The lowest BCUT2D eigenvalue weighted by Gasteiger charge is -2.28. The number of thioether (sulfide) groups is 1. The summed E-state index contributed by atoms with van der Waals surface area (Å²) in [7, 11) is -2.11. The molecular weight excluding hydrogens is 386 g/mol. The van der Waals surface area contributed by atoms with Crippen LogP contribution in [0.3, 0.4) is 0 Å². The van der Waals surface area contributed by atoms with Crippen LogP contribution in [0.5, 0.6) is 5.75 Å². The number of aromatic nitrogens is 1. The molecule has 0 aliphatic rings. The van der Waals surface area contributed by atoms with Crippen LogP contribution in [-0.2, 0) is 14.8 Å². The summed E-state index contributed by atoms with van der Waals surface area (Å²) in [6.45, 7) is 1.97. The maximum Gasteiger partial charge on any atom is 0.243 e. The number of nitrogens with one attached hydrogen (secondary N) is 1. The molecular formula is C18H23N3O4S2. The first-order chi connectivity index (χ1) is 12.8. The number of nitrogens with zero attached hydrogens (tertiary/aromatic N) is 2. The van der Waals surface area contributed by atoms with E-state index in [1.807, 2.05) is 18.2 Å². The summed E-state index contributed by atoms with van der Waals surface area (Å²) < 4.78 is 30.7. The molecule has 1 amide bonds. The maximum absolute atomic E-state index is 12.5. The molecule has 2 aromatic rings. The van der Waals surface area contributed by atoms with E-state index in [0.717, 1.165) is 15.6 Å². The molecule has 0 unspecified atom stereocenters. The second-order valence-electron chi connectivity index (χ2n) is 5.74. The third-order valence-electron chi connectivity index (χ3n) is 3.70. The molecule has 1 aromatic carbocycles. The third kappa shape index (κ3) is 6.14. The second-order valence-corrected chi connectivity index (χ2v) is 8.71. The van der Waals surface area contributed by atoms with Gasteiger partial charge in [-0.3, -0.25) is 9.10 Å². The molecule has 1 heterocycles. The van der Waals surface area contributed by atoms with Crippen molar-refractivity contribution in [1.82, 2.24) is 10.3 Å². The fourth-order valence-corrected chi connectivity index (χ4v) is 4.35. The first kappa shape index (κ1) is 21.0. The zero-order chi connectivity index (χ0) is 19.9. The van der Waals surface area contributed by atoms with Gasteiger partial charge in [-0.2, -0.15) is 0 Å². The minimum atomic E-state index is -3.64. The number of methoxy groups -OCH3 is 1. The van der Waals surface area contributed by atoms with Gasteiger partial charge in [-0.15, -0.1) is 11.8 Å². The number of amides is 1. The van der Waals surface area contributed by atoms with Crippen molar-refractivity contribution in [3.63, 3.8) is 0 Å². The normalized spacial score (nSPS) is 12.3. The molecule has 0 fully saturated rings. The summed E-state index contributed by atoms with van der Waals surface area (Å²) in [6, 6.07) is 11.3. The summed E-state index contributed by atoms with van der Waals surface area (Å²) in [5.74, 6) is 0.880. The van der Waals surface area contributed by atoms with Gasteiger partial charge in [0.1, 0.15) is 11.8 Å². The average molecular weight is 410 g/mol. The minimum absolute atomic E-state index is 0.363. The van der Waals surface area contributed by atoms with Crippen LogP contribution in [0, 0.1) is 0 Å². The number of carbonyl (C=O) groups excluding carboxylic acids is 1. The van der Waals surface area contributed by atoms with Crippen molar-refractivity contribution in [2.45, 2.75) is 18.0 Å². The first-order valence-corrected chi connectivity index (χ1v) is 11.1. The van der Waals surface area contributed by atoms with Crippen LogP contribution < -0.4 is 14.4 Å². The summed E-state index contributed by atoms with van der Waals surface area (Å²) in [4.78, 5) is 16.7. The Balaban J connectivity index is 1.99. The molecule has 1 aromatic heterocycles. The number of pyridine rings is 1.